The van der Waals surface area contributed by atoms with E-state index in [4.69, 9.17) is 9.90 Å². The zero-order valence-corrected chi connectivity index (χ0v) is 18.8. The van der Waals surface area contributed by atoms with Gasteiger partial charge in [-0.25, -0.2) is 4.79 Å². The molecule has 0 atom stereocenters. The van der Waals surface area contributed by atoms with E-state index in [0.29, 0.717) is 6.54 Å². The van der Waals surface area contributed by atoms with Gasteiger partial charge in [-0.05, 0) is 30.3 Å². The Kier molecular flexibility index (Phi) is 6.06. The number of benzene rings is 1. The molecule has 0 saturated heterocycles. The maximum absolute atomic E-state index is 12.3. The fourth-order valence-corrected chi connectivity index (χ4v) is 3.77. The predicted octanol–water partition coefficient (Wildman–Crippen LogP) is 4.95. The first kappa shape index (κ1) is 23.9. The van der Waals surface area contributed by atoms with Gasteiger partial charge in [0, 0.05) is 52.3 Å². The van der Waals surface area contributed by atoms with Crippen LogP contribution in [-0.4, -0.2) is 44.7 Å². The molecule has 0 bridgehead atoms. The highest BCUT2D eigenvalue weighted by molar-refractivity contribution is 5.98. The van der Waals surface area contributed by atoms with Crippen molar-refractivity contribution in [1.29, 1.82) is 0 Å². The van der Waals surface area contributed by atoms with E-state index in [0.717, 1.165) is 44.7 Å². The number of halogens is 3. The van der Waals surface area contributed by atoms with Crippen molar-refractivity contribution in [2.45, 2.75) is 25.4 Å². The number of amides is 1. The summed E-state index contributed by atoms with van der Waals surface area (Å²) in [6, 6.07) is 16.1. The second-order valence-electron chi connectivity index (χ2n) is 8.69. The second-order valence-corrected chi connectivity index (χ2v) is 8.69. The smallest absolute Gasteiger partial charge is 0.475 e. The Bertz CT molecular complexity index is 1430. The number of carbonyl (C=O) groups excluding carboxylic acids is 1. The highest BCUT2D eigenvalue weighted by Crippen LogP contribution is 2.33. The van der Waals surface area contributed by atoms with Gasteiger partial charge in [0.1, 0.15) is 0 Å². The van der Waals surface area contributed by atoms with Crippen molar-refractivity contribution in [2.75, 3.05) is 6.54 Å². The van der Waals surface area contributed by atoms with Crippen LogP contribution in [-0.2, 0) is 10.2 Å². The summed E-state index contributed by atoms with van der Waals surface area (Å²) < 4.78 is 31.7. The number of carbonyl (C=O) groups is 2. The minimum absolute atomic E-state index is 0.0233. The highest BCUT2D eigenvalue weighted by Gasteiger charge is 2.38. The average molecular weight is 482 g/mol. The third-order valence-electron chi connectivity index (χ3n) is 5.63. The van der Waals surface area contributed by atoms with Crippen molar-refractivity contribution in [2.24, 2.45) is 0 Å². The Labute approximate surface area is 198 Å². The van der Waals surface area contributed by atoms with Gasteiger partial charge in [-0.3, -0.25) is 14.8 Å². The summed E-state index contributed by atoms with van der Waals surface area (Å²) in [5.41, 5.74) is 6.28. The largest absolute Gasteiger partial charge is 0.490 e. The maximum atomic E-state index is 12.3. The Hall–Kier alpha value is -4.21. The zero-order chi connectivity index (χ0) is 25.4. The molecule has 3 aromatic heterocycles. The third-order valence-corrected chi connectivity index (χ3v) is 5.63. The first-order valence-electron chi connectivity index (χ1n) is 10.6. The number of pyridine rings is 2. The summed E-state index contributed by atoms with van der Waals surface area (Å²) >= 11 is 0. The molecule has 0 saturated carbocycles. The van der Waals surface area contributed by atoms with Gasteiger partial charge >= 0.3 is 12.1 Å². The van der Waals surface area contributed by atoms with E-state index >= 15 is 0 Å². The molecule has 0 unspecified atom stereocenters. The summed E-state index contributed by atoms with van der Waals surface area (Å²) in [5, 5.41) is 11.2. The number of carboxylic acids is 1. The molecular weight excluding hydrogens is 461 g/mol. The SMILES string of the molecule is CC1(C)CNC(=O)c2cc(-c3ccnc(-c4cnc5ccccc5c4)c3)[nH]c21.O=C(O)C(F)(F)F. The fourth-order valence-electron chi connectivity index (χ4n) is 3.77. The lowest BCUT2D eigenvalue weighted by molar-refractivity contribution is -0.192. The molecule has 1 aliphatic rings. The average Bonchev–Trinajstić information content (AvgIpc) is 3.29. The van der Waals surface area contributed by atoms with Crippen LogP contribution < -0.4 is 5.32 Å². The van der Waals surface area contributed by atoms with Crippen molar-refractivity contribution < 1.29 is 27.9 Å². The lowest BCUT2D eigenvalue weighted by Gasteiger charge is -2.29. The number of rotatable bonds is 2. The minimum Gasteiger partial charge on any atom is -0.475 e. The van der Waals surface area contributed by atoms with Gasteiger partial charge < -0.3 is 15.4 Å². The maximum Gasteiger partial charge on any atom is 0.490 e. The summed E-state index contributed by atoms with van der Waals surface area (Å²) in [4.78, 5) is 33.7. The number of aliphatic carboxylic acids is 1. The van der Waals surface area contributed by atoms with E-state index in [1.807, 2.05) is 42.6 Å². The molecule has 5 rings (SSSR count). The first-order valence-corrected chi connectivity index (χ1v) is 10.6. The van der Waals surface area contributed by atoms with E-state index in [9.17, 15) is 18.0 Å². The molecule has 0 aliphatic carbocycles. The summed E-state index contributed by atoms with van der Waals surface area (Å²) in [6.45, 7) is 4.89. The Balaban J connectivity index is 0.000000364. The van der Waals surface area contributed by atoms with Gasteiger partial charge in [-0.2, -0.15) is 13.2 Å². The third kappa shape index (κ3) is 5.01. The number of nitrogens with one attached hydrogen (secondary N) is 2. The number of alkyl halides is 3. The van der Waals surface area contributed by atoms with Gasteiger partial charge in [0.2, 0.25) is 0 Å². The van der Waals surface area contributed by atoms with Crippen molar-refractivity contribution >= 4 is 22.8 Å². The van der Waals surface area contributed by atoms with E-state index < -0.39 is 12.1 Å². The molecule has 35 heavy (non-hydrogen) atoms. The Morgan fingerprint density at radius 1 is 1.06 bits per heavy atom. The molecule has 4 heterocycles. The van der Waals surface area contributed by atoms with Gasteiger partial charge in [-0.15, -0.1) is 0 Å². The molecule has 10 heteroatoms. The standard InChI is InChI=1S/C23H20N4O.C2HF3O2/c1-23(2)13-26-22(28)17-11-20(27-21(17)23)15-7-8-24-19(10-15)16-9-14-5-3-4-6-18(14)25-12-16;3-2(4,5)1(6)7/h3-12,27H,13H2,1-2H3,(H,26,28);(H,6,7). The van der Waals surface area contributed by atoms with Gasteiger partial charge in [-0.1, -0.05) is 32.0 Å². The Morgan fingerprint density at radius 3 is 2.46 bits per heavy atom. The summed E-state index contributed by atoms with van der Waals surface area (Å²) in [6.07, 6.45) is -1.43. The molecular formula is C25H21F3N4O3. The number of aromatic nitrogens is 3. The zero-order valence-electron chi connectivity index (χ0n) is 18.8. The van der Waals surface area contributed by atoms with Crippen LogP contribution >= 0.6 is 0 Å². The van der Waals surface area contributed by atoms with Crippen LogP contribution in [0, 0.1) is 0 Å². The van der Waals surface area contributed by atoms with Crippen LogP contribution in [0.3, 0.4) is 0 Å². The van der Waals surface area contributed by atoms with Crippen molar-refractivity contribution in [1.82, 2.24) is 20.3 Å². The number of H-pyrrole nitrogens is 1. The lowest BCUT2D eigenvalue weighted by Crippen LogP contribution is -2.43. The number of fused-ring (bicyclic) bond motifs is 2. The molecule has 3 N–H and O–H groups in total. The molecule has 1 aliphatic heterocycles. The van der Waals surface area contributed by atoms with Gasteiger partial charge in [0.15, 0.2) is 0 Å². The topological polar surface area (TPSA) is 108 Å². The monoisotopic (exact) mass is 482 g/mol. The molecule has 1 aromatic carbocycles. The summed E-state index contributed by atoms with van der Waals surface area (Å²) in [5.74, 6) is -2.78. The molecule has 0 spiro atoms. The molecule has 7 nitrogen and oxygen atoms in total. The van der Waals surface area contributed by atoms with Crippen LogP contribution in [0.4, 0.5) is 13.2 Å². The van der Waals surface area contributed by atoms with E-state index in [2.05, 4.69) is 46.2 Å². The number of para-hydroxylation sites is 1. The van der Waals surface area contributed by atoms with Crippen LogP contribution in [0.25, 0.3) is 33.4 Å². The number of hydrogen-bond donors (Lipinski definition) is 3. The first-order chi connectivity index (χ1) is 16.5. The van der Waals surface area contributed by atoms with Crippen molar-refractivity contribution in [3.8, 4) is 22.5 Å². The van der Waals surface area contributed by atoms with Crippen molar-refractivity contribution in [3.05, 3.63) is 72.2 Å². The second kappa shape index (κ2) is 8.86. The van der Waals surface area contributed by atoms with Gasteiger partial charge in [0.25, 0.3) is 5.91 Å². The Morgan fingerprint density at radius 2 is 1.77 bits per heavy atom. The minimum atomic E-state index is -5.08. The normalized spacial score (nSPS) is 14.5. The predicted molar refractivity (Wildman–Crippen MR) is 124 cm³/mol. The van der Waals surface area contributed by atoms with E-state index in [1.165, 1.54) is 0 Å². The van der Waals surface area contributed by atoms with Crippen LogP contribution in [0.15, 0.2) is 60.9 Å². The number of hydrogen-bond acceptors (Lipinski definition) is 4. The number of carboxylic acid groups (broad SMARTS) is 1. The van der Waals surface area contributed by atoms with E-state index in [1.54, 1.807) is 6.20 Å². The molecule has 180 valence electrons. The summed E-state index contributed by atoms with van der Waals surface area (Å²) in [7, 11) is 0. The molecule has 1 amide bonds. The van der Waals surface area contributed by atoms with Crippen LogP contribution in [0.5, 0.6) is 0 Å². The molecule has 0 radical (unpaired) electrons. The van der Waals surface area contributed by atoms with Gasteiger partial charge in [0.05, 0.1) is 16.8 Å². The lowest BCUT2D eigenvalue weighted by atomic mass is 9.84. The van der Waals surface area contributed by atoms with E-state index in [-0.39, 0.29) is 11.3 Å². The molecule has 0 fully saturated rings. The quantitative estimate of drug-likeness (QED) is 0.375. The molecule has 4 aromatic rings. The number of nitrogens with zero attached hydrogens (tertiary/aromatic N) is 2. The van der Waals surface area contributed by atoms with Crippen molar-refractivity contribution in [3.63, 3.8) is 0 Å². The highest BCUT2D eigenvalue weighted by atomic mass is 19.4. The fraction of sp³-hybridized carbons (Fsp3) is 0.200. The van der Waals surface area contributed by atoms with Crippen LogP contribution in [0.2, 0.25) is 0 Å². The number of aromatic amines is 1. The van der Waals surface area contributed by atoms with Crippen LogP contribution in [0.1, 0.15) is 29.9 Å².